The molecule has 0 saturated carbocycles. The van der Waals surface area contributed by atoms with E-state index in [1.54, 1.807) is 19.3 Å². The summed E-state index contributed by atoms with van der Waals surface area (Å²) in [6.45, 7) is 7.98. The van der Waals surface area contributed by atoms with Gasteiger partial charge in [-0.05, 0) is 33.8 Å². The summed E-state index contributed by atoms with van der Waals surface area (Å²) in [5.41, 5.74) is 0.336. The summed E-state index contributed by atoms with van der Waals surface area (Å²) in [6, 6.07) is 1.67. The molecule has 3 rings (SSSR count). The Labute approximate surface area is 117 Å². The van der Waals surface area contributed by atoms with E-state index in [0.717, 1.165) is 5.46 Å². The molecule has 0 spiro atoms. The summed E-state index contributed by atoms with van der Waals surface area (Å²) in [5, 5.41) is 0.541. The quantitative estimate of drug-likeness (QED) is 0.739. The van der Waals surface area contributed by atoms with Gasteiger partial charge in [0.1, 0.15) is 5.58 Å². The topological polar surface area (TPSA) is 53.6 Å². The van der Waals surface area contributed by atoms with Crippen molar-refractivity contribution in [3.8, 4) is 0 Å². The lowest BCUT2D eigenvalue weighted by Gasteiger charge is -2.32. The van der Waals surface area contributed by atoms with Gasteiger partial charge in [-0.2, -0.15) is 0 Å². The number of aromatic nitrogens is 1. The average molecular weight is 275 g/mol. The van der Waals surface area contributed by atoms with Gasteiger partial charge in [0.2, 0.25) is 0 Å². The van der Waals surface area contributed by atoms with Gasteiger partial charge in [0.15, 0.2) is 0 Å². The molecule has 2 aromatic rings. The molecule has 1 aliphatic heterocycles. The van der Waals surface area contributed by atoms with E-state index >= 15 is 0 Å². The predicted octanol–water partition coefficient (Wildman–Crippen LogP) is 1.43. The zero-order valence-electron chi connectivity index (χ0n) is 12.4. The van der Waals surface area contributed by atoms with E-state index in [9.17, 15) is 4.79 Å². The number of nitrogens with zero attached hydrogens (tertiary/aromatic N) is 1. The Morgan fingerprint density at radius 2 is 1.75 bits per heavy atom. The molecule has 1 fully saturated rings. The van der Waals surface area contributed by atoms with E-state index in [-0.39, 0.29) is 5.56 Å². The first-order valence-electron chi connectivity index (χ1n) is 6.65. The highest BCUT2D eigenvalue weighted by molar-refractivity contribution is 6.64. The predicted molar refractivity (Wildman–Crippen MR) is 77.2 cm³/mol. The Morgan fingerprint density at radius 3 is 2.35 bits per heavy atom. The van der Waals surface area contributed by atoms with Gasteiger partial charge in [-0.15, -0.1) is 0 Å². The van der Waals surface area contributed by atoms with E-state index in [0.29, 0.717) is 11.0 Å². The molecule has 0 unspecified atom stereocenters. The van der Waals surface area contributed by atoms with Crippen LogP contribution in [0.3, 0.4) is 0 Å². The summed E-state index contributed by atoms with van der Waals surface area (Å²) < 4.78 is 19.0. The van der Waals surface area contributed by atoms with E-state index in [2.05, 4.69) is 0 Å². The molecule has 106 valence electrons. The van der Waals surface area contributed by atoms with Gasteiger partial charge in [0.05, 0.1) is 22.9 Å². The molecule has 5 nitrogen and oxygen atoms in total. The second-order valence-corrected chi connectivity index (χ2v) is 6.25. The van der Waals surface area contributed by atoms with Gasteiger partial charge < -0.3 is 18.3 Å². The zero-order chi connectivity index (χ0) is 14.7. The fourth-order valence-corrected chi connectivity index (χ4v) is 2.36. The van der Waals surface area contributed by atoms with Crippen LogP contribution in [0.25, 0.3) is 11.0 Å². The van der Waals surface area contributed by atoms with Crippen LogP contribution in [-0.2, 0) is 16.4 Å². The first-order valence-corrected chi connectivity index (χ1v) is 6.65. The summed E-state index contributed by atoms with van der Waals surface area (Å²) >= 11 is 0. The fraction of sp³-hybridized carbons (Fsp3) is 0.500. The van der Waals surface area contributed by atoms with Crippen molar-refractivity contribution in [2.75, 3.05) is 0 Å². The fourth-order valence-electron chi connectivity index (χ4n) is 2.36. The Morgan fingerprint density at radius 1 is 1.15 bits per heavy atom. The third-order valence-corrected chi connectivity index (χ3v) is 4.32. The van der Waals surface area contributed by atoms with Gasteiger partial charge >= 0.3 is 7.12 Å². The maximum Gasteiger partial charge on any atom is 0.500 e. The molecule has 0 bridgehead atoms. The minimum atomic E-state index is -0.541. The van der Waals surface area contributed by atoms with Crippen molar-refractivity contribution in [3.05, 3.63) is 28.9 Å². The third kappa shape index (κ3) is 1.75. The van der Waals surface area contributed by atoms with Gasteiger partial charge in [-0.1, -0.05) is 0 Å². The zero-order valence-corrected chi connectivity index (χ0v) is 12.4. The van der Waals surface area contributed by atoms with Gasteiger partial charge in [-0.25, -0.2) is 0 Å². The highest BCUT2D eigenvalue weighted by atomic mass is 16.7. The SMILES string of the molecule is Cn1cc(B2OC(C)(C)C(C)(C)O2)c2occc2c1=O. The lowest BCUT2D eigenvalue weighted by atomic mass is 9.79. The minimum absolute atomic E-state index is 0.0889. The standard InChI is InChI=1S/C14H18BNO4/c1-13(2)14(3,4)20-15(19-13)10-8-16(5)12(17)9-6-7-18-11(9)10/h6-8H,1-5H3. The second-order valence-electron chi connectivity index (χ2n) is 6.25. The molecule has 1 aliphatic rings. The molecule has 0 aromatic carbocycles. The summed E-state index contributed by atoms with van der Waals surface area (Å²) in [4.78, 5) is 12.0. The molecule has 0 radical (unpaired) electrons. The van der Waals surface area contributed by atoms with Crippen LogP contribution in [0.15, 0.2) is 27.7 Å². The van der Waals surface area contributed by atoms with E-state index in [1.165, 1.54) is 10.8 Å². The van der Waals surface area contributed by atoms with Crippen molar-refractivity contribution in [1.29, 1.82) is 0 Å². The number of furan rings is 1. The first kappa shape index (κ1) is 13.5. The lowest BCUT2D eigenvalue weighted by molar-refractivity contribution is 0.00578. The maximum absolute atomic E-state index is 12.0. The molecular formula is C14H18BNO4. The molecule has 0 atom stereocenters. The van der Waals surface area contributed by atoms with Crippen molar-refractivity contribution in [3.63, 3.8) is 0 Å². The largest absolute Gasteiger partial charge is 0.500 e. The smallest absolute Gasteiger partial charge is 0.464 e. The van der Waals surface area contributed by atoms with Crippen LogP contribution in [0.2, 0.25) is 0 Å². The van der Waals surface area contributed by atoms with Gasteiger partial charge in [0, 0.05) is 18.7 Å². The number of pyridine rings is 1. The number of hydrogen-bond acceptors (Lipinski definition) is 4. The minimum Gasteiger partial charge on any atom is -0.464 e. The average Bonchev–Trinajstić information content (AvgIpc) is 2.88. The molecule has 6 heteroatoms. The molecule has 0 N–H and O–H groups in total. The highest BCUT2D eigenvalue weighted by Crippen LogP contribution is 2.36. The Kier molecular flexibility index (Phi) is 2.69. The number of rotatable bonds is 1. The molecule has 0 amide bonds. The van der Waals surface area contributed by atoms with Crippen LogP contribution in [-0.4, -0.2) is 22.9 Å². The molecular weight excluding hydrogens is 257 g/mol. The van der Waals surface area contributed by atoms with Crippen LogP contribution in [0.5, 0.6) is 0 Å². The second kappa shape index (κ2) is 3.99. The van der Waals surface area contributed by atoms with E-state index in [4.69, 9.17) is 13.7 Å². The molecule has 2 aromatic heterocycles. The van der Waals surface area contributed by atoms with E-state index in [1.807, 2.05) is 27.7 Å². The molecule has 0 aliphatic carbocycles. The van der Waals surface area contributed by atoms with Gasteiger partial charge in [0.25, 0.3) is 5.56 Å². The molecule has 20 heavy (non-hydrogen) atoms. The Balaban J connectivity index is 2.15. The number of fused-ring (bicyclic) bond motifs is 1. The van der Waals surface area contributed by atoms with Crippen molar-refractivity contribution in [2.24, 2.45) is 7.05 Å². The summed E-state index contributed by atoms with van der Waals surface area (Å²) in [5.74, 6) is 0. The maximum atomic E-state index is 12.0. The monoisotopic (exact) mass is 275 g/mol. The third-order valence-electron chi connectivity index (χ3n) is 4.32. The van der Waals surface area contributed by atoms with Crippen molar-refractivity contribution in [1.82, 2.24) is 4.57 Å². The van der Waals surface area contributed by atoms with Crippen LogP contribution in [0.1, 0.15) is 27.7 Å². The number of hydrogen-bond donors (Lipinski definition) is 0. The first-order chi connectivity index (χ1) is 9.23. The Hall–Kier alpha value is -1.53. The lowest BCUT2D eigenvalue weighted by Crippen LogP contribution is -2.41. The normalized spacial score (nSPS) is 20.8. The van der Waals surface area contributed by atoms with E-state index < -0.39 is 18.3 Å². The van der Waals surface area contributed by atoms with Crippen molar-refractivity contribution < 1.29 is 13.7 Å². The van der Waals surface area contributed by atoms with Crippen LogP contribution < -0.4 is 11.0 Å². The van der Waals surface area contributed by atoms with Crippen LogP contribution in [0.4, 0.5) is 0 Å². The summed E-state index contributed by atoms with van der Waals surface area (Å²) in [6.07, 6.45) is 3.23. The van der Waals surface area contributed by atoms with Crippen molar-refractivity contribution in [2.45, 2.75) is 38.9 Å². The highest BCUT2D eigenvalue weighted by Gasteiger charge is 2.52. The Bertz CT molecular complexity index is 712. The summed E-state index contributed by atoms with van der Waals surface area (Å²) in [7, 11) is 1.17. The molecule has 3 heterocycles. The van der Waals surface area contributed by atoms with Crippen LogP contribution >= 0.6 is 0 Å². The van der Waals surface area contributed by atoms with Gasteiger partial charge in [-0.3, -0.25) is 4.79 Å². The van der Waals surface area contributed by atoms with Crippen molar-refractivity contribution >= 4 is 23.6 Å². The number of aryl methyl sites for hydroxylation is 1. The molecule has 1 saturated heterocycles. The van der Waals surface area contributed by atoms with Crippen LogP contribution in [0, 0.1) is 0 Å².